The molecule has 0 unspecified atom stereocenters. The third-order valence-corrected chi connectivity index (χ3v) is 5.36. The summed E-state index contributed by atoms with van der Waals surface area (Å²) in [5.41, 5.74) is 4.83. The fourth-order valence-electron chi connectivity index (χ4n) is 3.45. The SMILES string of the molecule is Cc1ccc(C(=O)NC2CC2)cc1-c1ccc2nc(NCCCOC(C)C)ncc2c1. The third kappa shape index (κ3) is 5.58. The summed E-state index contributed by atoms with van der Waals surface area (Å²) in [5, 5.41) is 7.29. The number of benzene rings is 2. The Bertz CT molecular complexity index is 1080. The molecule has 1 aliphatic rings. The Labute approximate surface area is 183 Å². The van der Waals surface area contributed by atoms with Gasteiger partial charge in [0.2, 0.25) is 5.95 Å². The molecule has 0 saturated heterocycles. The van der Waals surface area contributed by atoms with Gasteiger partial charge in [-0.3, -0.25) is 4.79 Å². The van der Waals surface area contributed by atoms with E-state index in [1.807, 2.05) is 44.3 Å². The molecule has 2 aromatic carbocycles. The predicted octanol–water partition coefficient (Wildman–Crippen LogP) is 4.72. The van der Waals surface area contributed by atoms with E-state index in [1.54, 1.807) is 0 Å². The zero-order valence-electron chi connectivity index (χ0n) is 18.4. The van der Waals surface area contributed by atoms with Gasteiger partial charge in [-0.05, 0) is 81.0 Å². The van der Waals surface area contributed by atoms with Gasteiger partial charge in [-0.1, -0.05) is 12.1 Å². The molecule has 1 aromatic heterocycles. The maximum absolute atomic E-state index is 12.5. The molecule has 0 aliphatic heterocycles. The first-order chi connectivity index (χ1) is 15.0. The largest absolute Gasteiger partial charge is 0.379 e. The molecular weight excluding hydrogens is 388 g/mol. The first-order valence-electron chi connectivity index (χ1n) is 11.0. The minimum Gasteiger partial charge on any atom is -0.379 e. The number of hydrogen-bond donors (Lipinski definition) is 2. The van der Waals surface area contributed by atoms with Gasteiger partial charge in [0.25, 0.3) is 5.91 Å². The molecule has 3 aromatic rings. The van der Waals surface area contributed by atoms with Crippen molar-refractivity contribution >= 4 is 22.8 Å². The quantitative estimate of drug-likeness (QED) is 0.492. The van der Waals surface area contributed by atoms with Crippen molar-refractivity contribution in [1.29, 1.82) is 0 Å². The fraction of sp³-hybridized carbons (Fsp3) is 0.400. The highest BCUT2D eigenvalue weighted by molar-refractivity contribution is 5.96. The highest BCUT2D eigenvalue weighted by atomic mass is 16.5. The van der Waals surface area contributed by atoms with E-state index in [0.29, 0.717) is 17.6 Å². The van der Waals surface area contributed by atoms with E-state index in [2.05, 4.69) is 39.7 Å². The van der Waals surface area contributed by atoms with Gasteiger partial charge in [0, 0.05) is 36.3 Å². The molecule has 1 saturated carbocycles. The molecule has 0 radical (unpaired) electrons. The van der Waals surface area contributed by atoms with Gasteiger partial charge in [-0.2, -0.15) is 0 Å². The number of aryl methyl sites for hydroxylation is 1. The van der Waals surface area contributed by atoms with Crippen LogP contribution in [0.2, 0.25) is 0 Å². The van der Waals surface area contributed by atoms with Crippen LogP contribution < -0.4 is 10.6 Å². The standard InChI is InChI=1S/C25H30N4O2/c1-16(2)31-12-4-11-26-25-27-15-20-13-18(7-10-23(20)29-25)22-14-19(6-5-17(22)3)24(30)28-21-8-9-21/h5-7,10,13-16,21H,4,8-9,11-12H2,1-3H3,(H,28,30)(H,26,27,29). The smallest absolute Gasteiger partial charge is 0.251 e. The van der Waals surface area contributed by atoms with Crippen LogP contribution in [-0.2, 0) is 4.74 Å². The molecule has 0 spiro atoms. The van der Waals surface area contributed by atoms with Crippen molar-refractivity contribution in [2.45, 2.75) is 52.2 Å². The van der Waals surface area contributed by atoms with E-state index >= 15 is 0 Å². The topological polar surface area (TPSA) is 76.1 Å². The lowest BCUT2D eigenvalue weighted by atomic mass is 9.97. The number of fused-ring (bicyclic) bond motifs is 1. The summed E-state index contributed by atoms with van der Waals surface area (Å²) in [4.78, 5) is 21.5. The Kier molecular flexibility index (Phi) is 6.47. The summed E-state index contributed by atoms with van der Waals surface area (Å²) in [5.74, 6) is 0.627. The Balaban J connectivity index is 1.48. The zero-order valence-corrected chi connectivity index (χ0v) is 18.4. The minimum atomic E-state index is 0.00221. The van der Waals surface area contributed by atoms with E-state index < -0.39 is 0 Å². The molecule has 6 heteroatoms. The van der Waals surface area contributed by atoms with Crippen LogP contribution in [0.5, 0.6) is 0 Å². The monoisotopic (exact) mass is 418 g/mol. The summed E-state index contributed by atoms with van der Waals surface area (Å²) >= 11 is 0. The van der Waals surface area contributed by atoms with E-state index in [4.69, 9.17) is 4.74 Å². The number of ether oxygens (including phenoxy) is 1. The highest BCUT2D eigenvalue weighted by Crippen LogP contribution is 2.28. The number of carbonyl (C=O) groups excluding carboxylic acids is 1. The maximum Gasteiger partial charge on any atom is 0.251 e. The van der Waals surface area contributed by atoms with Crippen LogP contribution in [0.3, 0.4) is 0 Å². The number of hydrogen-bond acceptors (Lipinski definition) is 5. The number of nitrogens with zero attached hydrogens (tertiary/aromatic N) is 2. The van der Waals surface area contributed by atoms with Gasteiger partial charge < -0.3 is 15.4 Å². The zero-order chi connectivity index (χ0) is 21.8. The summed E-state index contributed by atoms with van der Waals surface area (Å²) in [6, 6.07) is 12.4. The van der Waals surface area contributed by atoms with Crippen molar-refractivity contribution < 1.29 is 9.53 Å². The van der Waals surface area contributed by atoms with Crippen LogP contribution in [-0.4, -0.2) is 41.2 Å². The fourth-order valence-corrected chi connectivity index (χ4v) is 3.45. The molecule has 1 aliphatic carbocycles. The third-order valence-electron chi connectivity index (χ3n) is 5.36. The average Bonchev–Trinajstić information content (AvgIpc) is 3.57. The first-order valence-corrected chi connectivity index (χ1v) is 11.0. The molecule has 6 nitrogen and oxygen atoms in total. The molecular formula is C25H30N4O2. The van der Waals surface area contributed by atoms with Crippen LogP contribution in [0, 0.1) is 6.92 Å². The molecule has 0 atom stereocenters. The van der Waals surface area contributed by atoms with Crippen LogP contribution in [0.15, 0.2) is 42.6 Å². The number of nitrogens with one attached hydrogen (secondary N) is 2. The van der Waals surface area contributed by atoms with Crippen molar-refractivity contribution in [3.05, 3.63) is 53.7 Å². The molecule has 0 bridgehead atoms. The summed E-state index contributed by atoms with van der Waals surface area (Å²) < 4.78 is 5.55. The van der Waals surface area contributed by atoms with Gasteiger partial charge in [0.15, 0.2) is 0 Å². The van der Waals surface area contributed by atoms with Crippen molar-refractivity contribution in [3.63, 3.8) is 0 Å². The van der Waals surface area contributed by atoms with Gasteiger partial charge in [0.05, 0.1) is 11.6 Å². The van der Waals surface area contributed by atoms with E-state index in [0.717, 1.165) is 60.0 Å². The van der Waals surface area contributed by atoms with Gasteiger partial charge >= 0.3 is 0 Å². The number of rotatable bonds is 9. The van der Waals surface area contributed by atoms with E-state index in [1.165, 1.54) is 0 Å². The minimum absolute atomic E-state index is 0.00221. The molecule has 2 N–H and O–H groups in total. The highest BCUT2D eigenvalue weighted by Gasteiger charge is 2.24. The van der Waals surface area contributed by atoms with Gasteiger partial charge in [-0.25, -0.2) is 9.97 Å². The normalized spacial score (nSPS) is 13.5. The van der Waals surface area contributed by atoms with Crippen molar-refractivity contribution in [1.82, 2.24) is 15.3 Å². The Hall–Kier alpha value is -2.99. The lowest BCUT2D eigenvalue weighted by Gasteiger charge is -2.11. The Morgan fingerprint density at radius 1 is 1.19 bits per heavy atom. The molecule has 162 valence electrons. The van der Waals surface area contributed by atoms with Crippen molar-refractivity contribution in [2.75, 3.05) is 18.5 Å². The average molecular weight is 419 g/mol. The Morgan fingerprint density at radius 2 is 2.03 bits per heavy atom. The number of carbonyl (C=O) groups is 1. The Morgan fingerprint density at radius 3 is 2.81 bits per heavy atom. The van der Waals surface area contributed by atoms with Crippen molar-refractivity contribution in [2.24, 2.45) is 0 Å². The molecule has 31 heavy (non-hydrogen) atoms. The van der Waals surface area contributed by atoms with Crippen LogP contribution in [0.25, 0.3) is 22.0 Å². The van der Waals surface area contributed by atoms with Crippen LogP contribution >= 0.6 is 0 Å². The number of amides is 1. The van der Waals surface area contributed by atoms with E-state index in [-0.39, 0.29) is 12.0 Å². The maximum atomic E-state index is 12.5. The summed E-state index contributed by atoms with van der Waals surface area (Å²) in [6.45, 7) is 7.63. The second-order valence-corrected chi connectivity index (χ2v) is 8.44. The predicted molar refractivity (Wildman–Crippen MR) is 124 cm³/mol. The van der Waals surface area contributed by atoms with E-state index in [9.17, 15) is 4.79 Å². The number of aromatic nitrogens is 2. The second kappa shape index (κ2) is 9.43. The van der Waals surface area contributed by atoms with Crippen molar-refractivity contribution in [3.8, 4) is 11.1 Å². The first kappa shape index (κ1) is 21.2. The molecule has 1 heterocycles. The second-order valence-electron chi connectivity index (χ2n) is 8.44. The summed E-state index contributed by atoms with van der Waals surface area (Å²) in [6.07, 6.45) is 5.17. The lowest BCUT2D eigenvalue weighted by molar-refractivity contribution is 0.0787. The number of anilines is 1. The van der Waals surface area contributed by atoms with Gasteiger partial charge in [-0.15, -0.1) is 0 Å². The van der Waals surface area contributed by atoms with Gasteiger partial charge in [0.1, 0.15) is 0 Å². The molecule has 1 amide bonds. The molecule has 4 rings (SSSR count). The van der Waals surface area contributed by atoms with Crippen LogP contribution in [0.4, 0.5) is 5.95 Å². The molecule has 1 fully saturated rings. The van der Waals surface area contributed by atoms with Crippen LogP contribution in [0.1, 0.15) is 49.0 Å². The lowest BCUT2D eigenvalue weighted by Crippen LogP contribution is -2.25. The summed E-state index contributed by atoms with van der Waals surface area (Å²) in [7, 11) is 0.